The largest absolute Gasteiger partial charge is 0.457 e. The van der Waals surface area contributed by atoms with Crippen molar-refractivity contribution < 1.29 is 19.2 Å². The molecule has 0 aromatic heterocycles. The Labute approximate surface area is 137 Å². The van der Waals surface area contributed by atoms with E-state index < -0.39 is 23.6 Å². The lowest BCUT2D eigenvalue weighted by Crippen LogP contribution is -2.43. The van der Waals surface area contributed by atoms with Crippen LogP contribution in [-0.4, -0.2) is 23.6 Å². The lowest BCUT2D eigenvalue weighted by molar-refractivity contribution is -0.158. The summed E-state index contributed by atoms with van der Waals surface area (Å²) in [5.74, 6) is -1.44. The molecule has 0 spiro atoms. The molecule has 0 unspecified atom stereocenters. The van der Waals surface area contributed by atoms with Crippen molar-refractivity contribution in [2.75, 3.05) is 0 Å². The molecule has 1 rings (SSSR count). The summed E-state index contributed by atoms with van der Waals surface area (Å²) in [7, 11) is 0. The van der Waals surface area contributed by atoms with E-state index in [9.17, 15) is 9.59 Å². The first-order chi connectivity index (χ1) is 10.7. The highest BCUT2D eigenvalue weighted by Gasteiger charge is 2.30. The number of hydrogen-bond acceptors (Lipinski definition) is 4. The van der Waals surface area contributed by atoms with Crippen molar-refractivity contribution in [2.24, 2.45) is 5.92 Å². The number of ether oxygens (including phenoxy) is 1. The number of nitrogens with one attached hydrogen (secondary N) is 1. The first-order valence-electron chi connectivity index (χ1n) is 7.54. The molecule has 5 heteroatoms. The van der Waals surface area contributed by atoms with E-state index in [2.05, 4.69) is 12.1 Å². The Morgan fingerprint density at radius 2 is 1.87 bits per heavy atom. The lowest BCUT2D eigenvalue weighted by Gasteiger charge is -2.26. The van der Waals surface area contributed by atoms with E-state index >= 15 is 0 Å². The van der Waals surface area contributed by atoms with E-state index in [-0.39, 0.29) is 5.91 Å². The van der Waals surface area contributed by atoms with E-state index in [0.29, 0.717) is 6.42 Å². The minimum absolute atomic E-state index is 0.352. The van der Waals surface area contributed by atoms with E-state index in [1.54, 1.807) is 0 Å². The van der Waals surface area contributed by atoms with Crippen LogP contribution < -0.4 is 5.48 Å². The molecule has 0 fully saturated rings. The van der Waals surface area contributed by atoms with E-state index in [0.717, 1.165) is 5.56 Å². The molecule has 0 aliphatic heterocycles. The van der Waals surface area contributed by atoms with Crippen molar-refractivity contribution in [1.82, 2.24) is 5.48 Å². The van der Waals surface area contributed by atoms with Gasteiger partial charge < -0.3 is 4.74 Å². The van der Waals surface area contributed by atoms with Gasteiger partial charge in [-0.25, -0.2) is 5.48 Å². The third kappa shape index (κ3) is 7.10. The predicted octanol–water partition coefficient (Wildman–Crippen LogP) is 2.81. The van der Waals surface area contributed by atoms with Crippen LogP contribution >= 0.6 is 0 Å². The van der Waals surface area contributed by atoms with Gasteiger partial charge in [-0.1, -0.05) is 43.0 Å². The molecule has 126 valence electrons. The van der Waals surface area contributed by atoms with E-state index in [1.807, 2.05) is 51.1 Å². The second-order valence-corrected chi connectivity index (χ2v) is 6.29. The van der Waals surface area contributed by atoms with Crippen LogP contribution in [0.3, 0.4) is 0 Å². The first-order valence-corrected chi connectivity index (χ1v) is 7.54. The number of hydrogen-bond donors (Lipinski definition) is 1. The molecule has 1 aromatic rings. The molecule has 0 aliphatic carbocycles. The fraction of sp³-hybridized carbons (Fsp3) is 0.444. The highest BCUT2D eigenvalue weighted by Crippen LogP contribution is 2.18. The number of esters is 1. The van der Waals surface area contributed by atoms with E-state index in [1.165, 1.54) is 13.0 Å². The van der Waals surface area contributed by atoms with Crippen molar-refractivity contribution in [3.63, 3.8) is 0 Å². The Hall–Kier alpha value is -2.14. The topological polar surface area (TPSA) is 64.6 Å². The summed E-state index contributed by atoms with van der Waals surface area (Å²) in [6.07, 6.45) is 1.15. The van der Waals surface area contributed by atoms with Crippen molar-refractivity contribution in [1.29, 1.82) is 0 Å². The third-order valence-electron chi connectivity index (χ3n) is 3.02. The summed E-state index contributed by atoms with van der Waals surface area (Å²) in [5, 5.41) is 0. The maximum absolute atomic E-state index is 12.5. The smallest absolute Gasteiger partial charge is 0.303 e. The highest BCUT2D eigenvalue weighted by atomic mass is 16.7. The summed E-state index contributed by atoms with van der Waals surface area (Å²) in [4.78, 5) is 29.1. The molecule has 0 saturated carbocycles. The van der Waals surface area contributed by atoms with Gasteiger partial charge in [-0.05, 0) is 32.8 Å². The van der Waals surface area contributed by atoms with Crippen LogP contribution in [0.2, 0.25) is 0 Å². The Balaban J connectivity index is 2.92. The normalized spacial score (nSPS) is 13.7. The predicted molar refractivity (Wildman–Crippen MR) is 88.4 cm³/mol. The highest BCUT2D eigenvalue weighted by molar-refractivity contribution is 5.79. The Kier molecular flexibility index (Phi) is 6.97. The summed E-state index contributed by atoms with van der Waals surface area (Å²) >= 11 is 0. The Morgan fingerprint density at radius 1 is 1.26 bits per heavy atom. The van der Waals surface area contributed by atoms with Crippen LogP contribution in [0.4, 0.5) is 0 Å². The van der Waals surface area contributed by atoms with Gasteiger partial charge in [-0.3, -0.25) is 14.4 Å². The molecule has 0 aliphatic rings. The monoisotopic (exact) mass is 319 g/mol. The number of carbonyl (C=O) groups is 2. The standard InChI is InChI=1S/C18H25NO4/c1-6-16(22-13(2)20)15(12-14-10-8-7-9-11-14)17(21)19-23-18(3,4)5/h6-11,15-16H,1,12H2,2-5H3,(H,19,21)/t15-,16+/m0/s1. The van der Waals surface area contributed by atoms with Crippen LogP contribution in [-0.2, 0) is 25.6 Å². The fourth-order valence-electron chi connectivity index (χ4n) is 1.99. The van der Waals surface area contributed by atoms with Crippen molar-refractivity contribution in [3.05, 3.63) is 48.6 Å². The maximum atomic E-state index is 12.5. The molecule has 0 radical (unpaired) electrons. The zero-order valence-corrected chi connectivity index (χ0v) is 14.2. The fourth-order valence-corrected chi connectivity index (χ4v) is 1.99. The van der Waals surface area contributed by atoms with Crippen LogP contribution in [0.25, 0.3) is 0 Å². The SMILES string of the molecule is C=C[C@@H](OC(C)=O)[C@H](Cc1ccccc1)C(=O)NOC(C)(C)C. The molecule has 0 saturated heterocycles. The van der Waals surface area contributed by atoms with Gasteiger partial charge in [0, 0.05) is 6.92 Å². The van der Waals surface area contributed by atoms with Crippen molar-refractivity contribution in [3.8, 4) is 0 Å². The van der Waals surface area contributed by atoms with Gasteiger partial charge >= 0.3 is 5.97 Å². The van der Waals surface area contributed by atoms with Crippen LogP contribution in [0, 0.1) is 5.92 Å². The number of hydroxylamine groups is 1. The second kappa shape index (κ2) is 8.48. The number of benzene rings is 1. The molecule has 1 N–H and O–H groups in total. The summed E-state index contributed by atoms with van der Waals surface area (Å²) in [6.45, 7) is 10.5. The minimum Gasteiger partial charge on any atom is -0.457 e. The number of rotatable bonds is 7. The van der Waals surface area contributed by atoms with Gasteiger partial charge in [-0.15, -0.1) is 0 Å². The molecule has 1 amide bonds. The molecule has 5 nitrogen and oxygen atoms in total. The zero-order chi connectivity index (χ0) is 17.5. The van der Waals surface area contributed by atoms with Crippen LogP contribution in [0.15, 0.2) is 43.0 Å². The van der Waals surface area contributed by atoms with Gasteiger partial charge in [0.25, 0.3) is 5.91 Å². The third-order valence-corrected chi connectivity index (χ3v) is 3.02. The molecule has 1 aromatic carbocycles. The summed E-state index contributed by atoms with van der Waals surface area (Å²) in [5.41, 5.74) is 2.90. The van der Waals surface area contributed by atoms with Crippen molar-refractivity contribution in [2.45, 2.75) is 45.8 Å². The maximum Gasteiger partial charge on any atom is 0.303 e. The number of amides is 1. The first kappa shape index (κ1) is 18.9. The minimum atomic E-state index is -0.726. The molecule has 2 atom stereocenters. The molecule has 23 heavy (non-hydrogen) atoms. The average molecular weight is 319 g/mol. The lowest BCUT2D eigenvalue weighted by atomic mass is 9.93. The van der Waals surface area contributed by atoms with Crippen LogP contribution in [0.5, 0.6) is 0 Å². The molecule has 0 heterocycles. The quantitative estimate of drug-likeness (QED) is 0.477. The molecular formula is C18H25NO4. The molecule has 0 bridgehead atoms. The Morgan fingerprint density at radius 3 is 2.35 bits per heavy atom. The summed E-state index contributed by atoms with van der Waals surface area (Å²) in [6, 6.07) is 9.52. The number of carbonyl (C=O) groups excluding carboxylic acids is 2. The van der Waals surface area contributed by atoms with Gasteiger partial charge in [0.05, 0.1) is 11.5 Å². The van der Waals surface area contributed by atoms with Gasteiger partial charge in [0.2, 0.25) is 0 Å². The second-order valence-electron chi connectivity index (χ2n) is 6.29. The van der Waals surface area contributed by atoms with E-state index in [4.69, 9.17) is 9.57 Å². The summed E-state index contributed by atoms with van der Waals surface area (Å²) < 4.78 is 5.21. The van der Waals surface area contributed by atoms with Gasteiger partial charge in [-0.2, -0.15) is 0 Å². The average Bonchev–Trinajstić information content (AvgIpc) is 2.48. The van der Waals surface area contributed by atoms with Gasteiger partial charge in [0.15, 0.2) is 0 Å². The Bertz CT molecular complexity index is 534. The molecular weight excluding hydrogens is 294 g/mol. The van der Waals surface area contributed by atoms with Gasteiger partial charge in [0.1, 0.15) is 6.10 Å². The van der Waals surface area contributed by atoms with Crippen LogP contribution in [0.1, 0.15) is 33.3 Å². The zero-order valence-electron chi connectivity index (χ0n) is 14.2. The van der Waals surface area contributed by atoms with Crippen molar-refractivity contribution >= 4 is 11.9 Å².